The van der Waals surface area contributed by atoms with Crippen LogP contribution in [0.1, 0.15) is 18.4 Å². The first-order valence-corrected chi connectivity index (χ1v) is 6.80. The van der Waals surface area contributed by atoms with Crippen LogP contribution in [0.15, 0.2) is 24.3 Å². The molecule has 0 radical (unpaired) electrons. The first-order valence-electron chi connectivity index (χ1n) is 6.80. The molecule has 3 nitrogen and oxygen atoms in total. The number of hydrogen-bond acceptors (Lipinski definition) is 3. The van der Waals surface area contributed by atoms with Gasteiger partial charge in [-0.25, -0.2) is 0 Å². The molecule has 1 aliphatic heterocycles. The number of nitrogens with one attached hydrogen (secondary N) is 1. The van der Waals surface area contributed by atoms with Crippen molar-refractivity contribution in [2.24, 2.45) is 5.92 Å². The molecule has 3 heteroatoms. The number of benzene rings is 1. The molecule has 0 aromatic heterocycles. The van der Waals surface area contributed by atoms with E-state index in [0.717, 1.165) is 18.2 Å². The van der Waals surface area contributed by atoms with Crippen molar-refractivity contribution < 1.29 is 4.74 Å². The molecule has 1 aromatic carbocycles. The molecule has 1 aromatic rings. The molecule has 1 heterocycles. The van der Waals surface area contributed by atoms with Crippen LogP contribution in [0.25, 0.3) is 0 Å². The van der Waals surface area contributed by atoms with Gasteiger partial charge in [-0.3, -0.25) is 0 Å². The molecule has 2 rings (SSSR count). The highest BCUT2D eigenvalue weighted by atomic mass is 16.5. The van der Waals surface area contributed by atoms with Gasteiger partial charge in [0.25, 0.3) is 0 Å². The van der Waals surface area contributed by atoms with Gasteiger partial charge in [0.1, 0.15) is 5.75 Å². The van der Waals surface area contributed by atoms with E-state index in [1.54, 1.807) is 7.11 Å². The predicted octanol–water partition coefficient (Wildman–Crippen LogP) is 2.13. The molecule has 100 valence electrons. The van der Waals surface area contributed by atoms with E-state index in [-0.39, 0.29) is 0 Å². The summed E-state index contributed by atoms with van der Waals surface area (Å²) in [5.41, 5.74) is 1.35. The highest BCUT2D eigenvalue weighted by Crippen LogP contribution is 2.16. The fourth-order valence-corrected chi connectivity index (χ4v) is 2.61. The maximum Gasteiger partial charge on any atom is 0.118 e. The van der Waals surface area contributed by atoms with Crippen LogP contribution in [-0.2, 0) is 6.54 Å². The van der Waals surface area contributed by atoms with E-state index < -0.39 is 0 Å². The Morgan fingerprint density at radius 3 is 2.50 bits per heavy atom. The monoisotopic (exact) mass is 248 g/mol. The highest BCUT2D eigenvalue weighted by Gasteiger charge is 2.14. The fraction of sp³-hybridized carbons (Fsp3) is 0.600. The normalized spacial score (nSPS) is 17.1. The van der Waals surface area contributed by atoms with Gasteiger partial charge in [0.2, 0.25) is 0 Å². The second kappa shape index (κ2) is 6.76. The van der Waals surface area contributed by atoms with Crippen LogP contribution in [-0.4, -0.2) is 38.7 Å². The summed E-state index contributed by atoms with van der Waals surface area (Å²) in [6, 6.07) is 8.37. The van der Waals surface area contributed by atoms with Crippen molar-refractivity contribution >= 4 is 0 Å². The Kier molecular flexibility index (Phi) is 5.02. The lowest BCUT2D eigenvalue weighted by molar-refractivity contribution is 0.234. The van der Waals surface area contributed by atoms with E-state index in [0.29, 0.717) is 0 Å². The average Bonchev–Trinajstić information content (AvgIpc) is 2.40. The largest absolute Gasteiger partial charge is 0.497 e. The zero-order valence-corrected chi connectivity index (χ0v) is 11.5. The van der Waals surface area contributed by atoms with E-state index in [9.17, 15) is 0 Å². The summed E-state index contributed by atoms with van der Waals surface area (Å²) in [6.45, 7) is 4.59. The summed E-state index contributed by atoms with van der Waals surface area (Å²) >= 11 is 0. The van der Waals surface area contributed by atoms with Gasteiger partial charge < -0.3 is 15.0 Å². The predicted molar refractivity (Wildman–Crippen MR) is 74.9 cm³/mol. The van der Waals surface area contributed by atoms with Crippen molar-refractivity contribution in [3.8, 4) is 5.75 Å². The van der Waals surface area contributed by atoms with Crippen molar-refractivity contribution in [3.63, 3.8) is 0 Å². The van der Waals surface area contributed by atoms with Gasteiger partial charge in [0.15, 0.2) is 0 Å². The minimum atomic E-state index is 0.856. The summed E-state index contributed by atoms with van der Waals surface area (Å²) in [4.78, 5) is 2.43. The van der Waals surface area contributed by atoms with Crippen LogP contribution in [0.3, 0.4) is 0 Å². The molecule has 18 heavy (non-hydrogen) atoms. The second-order valence-corrected chi connectivity index (χ2v) is 5.24. The molecule has 0 aliphatic carbocycles. The lowest BCUT2D eigenvalue weighted by atomic mass is 9.97. The third kappa shape index (κ3) is 4.00. The molecule has 1 N–H and O–H groups in total. The zero-order chi connectivity index (χ0) is 12.8. The third-order valence-electron chi connectivity index (χ3n) is 3.64. The fourth-order valence-electron chi connectivity index (χ4n) is 2.61. The molecule has 1 fully saturated rings. The minimum Gasteiger partial charge on any atom is -0.497 e. The summed E-state index contributed by atoms with van der Waals surface area (Å²) < 4.78 is 5.18. The summed E-state index contributed by atoms with van der Waals surface area (Å²) in [5.74, 6) is 1.79. The third-order valence-corrected chi connectivity index (χ3v) is 3.64. The quantitative estimate of drug-likeness (QED) is 0.864. The Labute approximate surface area is 110 Å². The number of ether oxygens (including phenoxy) is 1. The van der Waals surface area contributed by atoms with Crippen molar-refractivity contribution in [1.82, 2.24) is 10.2 Å². The first-order chi connectivity index (χ1) is 8.78. The van der Waals surface area contributed by atoms with Crippen molar-refractivity contribution in [1.29, 1.82) is 0 Å². The number of piperidine rings is 1. The van der Waals surface area contributed by atoms with E-state index in [1.807, 2.05) is 12.1 Å². The second-order valence-electron chi connectivity index (χ2n) is 5.24. The van der Waals surface area contributed by atoms with Crippen LogP contribution in [0.5, 0.6) is 5.75 Å². The van der Waals surface area contributed by atoms with Gasteiger partial charge in [-0.2, -0.15) is 0 Å². The number of methoxy groups -OCH3 is 1. The maximum absolute atomic E-state index is 5.18. The minimum absolute atomic E-state index is 0.856. The molecular formula is C15H24N2O. The van der Waals surface area contributed by atoms with Gasteiger partial charge in [-0.15, -0.1) is 0 Å². The maximum atomic E-state index is 5.18. The highest BCUT2D eigenvalue weighted by molar-refractivity contribution is 5.27. The van der Waals surface area contributed by atoms with Crippen LogP contribution in [0, 0.1) is 5.92 Å². The van der Waals surface area contributed by atoms with Gasteiger partial charge >= 0.3 is 0 Å². The van der Waals surface area contributed by atoms with E-state index >= 15 is 0 Å². The molecule has 0 atom stereocenters. The summed E-state index contributed by atoms with van der Waals surface area (Å²) in [7, 11) is 3.92. The van der Waals surface area contributed by atoms with Gasteiger partial charge in [0.05, 0.1) is 7.11 Å². The van der Waals surface area contributed by atoms with E-state index in [1.165, 1.54) is 38.0 Å². The number of nitrogens with zero attached hydrogens (tertiary/aromatic N) is 1. The molecule has 0 saturated carbocycles. The van der Waals surface area contributed by atoms with Gasteiger partial charge in [-0.1, -0.05) is 12.1 Å². The van der Waals surface area contributed by atoms with Crippen molar-refractivity contribution in [2.75, 3.05) is 33.8 Å². The van der Waals surface area contributed by atoms with Crippen molar-refractivity contribution in [3.05, 3.63) is 29.8 Å². The van der Waals surface area contributed by atoms with E-state index in [4.69, 9.17) is 4.74 Å². The topological polar surface area (TPSA) is 24.5 Å². The lowest BCUT2D eigenvalue weighted by Gasteiger charge is -2.27. The zero-order valence-electron chi connectivity index (χ0n) is 11.5. The SMILES string of the molecule is COc1ccc(CN(C)CC2CCNCC2)cc1. The molecule has 0 spiro atoms. The lowest BCUT2D eigenvalue weighted by Crippen LogP contribution is -2.34. The number of rotatable bonds is 5. The number of hydrogen-bond donors (Lipinski definition) is 1. The molecule has 0 amide bonds. The smallest absolute Gasteiger partial charge is 0.118 e. The van der Waals surface area contributed by atoms with Crippen LogP contribution < -0.4 is 10.1 Å². The van der Waals surface area contributed by atoms with Crippen molar-refractivity contribution in [2.45, 2.75) is 19.4 Å². The molecular weight excluding hydrogens is 224 g/mol. The Bertz CT molecular complexity index is 344. The van der Waals surface area contributed by atoms with Gasteiger partial charge in [-0.05, 0) is 56.6 Å². The Morgan fingerprint density at radius 1 is 1.22 bits per heavy atom. The Morgan fingerprint density at radius 2 is 1.89 bits per heavy atom. The van der Waals surface area contributed by atoms with Crippen LogP contribution in [0.2, 0.25) is 0 Å². The van der Waals surface area contributed by atoms with Gasteiger partial charge in [0, 0.05) is 13.1 Å². The van der Waals surface area contributed by atoms with Crippen LogP contribution >= 0.6 is 0 Å². The Balaban J connectivity index is 1.80. The Hall–Kier alpha value is -1.06. The average molecular weight is 248 g/mol. The first kappa shape index (κ1) is 13.4. The summed E-state index contributed by atoms with van der Waals surface area (Å²) in [6.07, 6.45) is 2.62. The molecule has 1 aliphatic rings. The van der Waals surface area contributed by atoms with E-state index in [2.05, 4.69) is 29.4 Å². The molecule has 0 bridgehead atoms. The molecule has 1 saturated heterocycles. The molecule has 0 unspecified atom stereocenters. The van der Waals surface area contributed by atoms with Crippen LogP contribution in [0.4, 0.5) is 0 Å². The summed E-state index contributed by atoms with van der Waals surface area (Å²) in [5, 5.41) is 3.42. The standard InChI is InChI=1S/C15H24N2O/c1-17(12-14-7-9-16-10-8-14)11-13-3-5-15(18-2)6-4-13/h3-6,14,16H,7-12H2,1-2H3.